The third kappa shape index (κ3) is 4.80. The summed E-state index contributed by atoms with van der Waals surface area (Å²) in [4.78, 5) is 52.8. The van der Waals surface area contributed by atoms with Crippen molar-refractivity contribution in [3.8, 4) is 0 Å². The average molecular weight is 548 g/mol. The standard InChI is InChI=1S/C25H33N5O7S/c1-5-10-37-25(36)29-12-16(11-15(29)6-7-28-9-8-27(4)22(28)21(26)32)38-20-13(2)18-17(14(3)31)23(33)30(18)19(20)24(34)35/h5,8-9,13-18,31H,1,6-7,10-12H2,2-4H3,(H2-,26,32,34,35)/t13-,14-,15-,16+,17-,18-/m1/s1. The highest BCUT2D eigenvalue weighted by Gasteiger charge is 2.59. The summed E-state index contributed by atoms with van der Waals surface area (Å²) < 4.78 is 8.66. The number of nitrogens with two attached hydrogens (primary N) is 1. The first-order valence-corrected chi connectivity index (χ1v) is 13.4. The van der Waals surface area contributed by atoms with Gasteiger partial charge in [-0.3, -0.25) is 9.59 Å². The number of imidazole rings is 1. The van der Waals surface area contributed by atoms with Crippen LogP contribution in [-0.4, -0.2) is 79.9 Å². The number of fused-ring (bicyclic) bond motifs is 1. The zero-order valence-corrected chi connectivity index (χ0v) is 22.4. The summed E-state index contributed by atoms with van der Waals surface area (Å²) in [7, 11) is 1.72. The minimum Gasteiger partial charge on any atom is -0.543 e. The Balaban J connectivity index is 1.54. The summed E-state index contributed by atoms with van der Waals surface area (Å²) in [6, 6.07) is -0.684. The SMILES string of the molecule is C=CCOC(=O)N1C[C@@H](SC2=C(C(=O)[O-])N3C(=O)[C@H]([C@@H](C)O)[C@H]3[C@H]2C)C[C@H]1CC[n+]1ccn(C)c1C(N)=O. The molecule has 0 radical (unpaired) electrons. The average Bonchev–Trinajstić information content (AvgIpc) is 3.49. The van der Waals surface area contributed by atoms with E-state index in [1.54, 1.807) is 33.5 Å². The molecule has 3 aliphatic rings. The number of aryl methyl sites for hydroxylation is 2. The van der Waals surface area contributed by atoms with E-state index in [-0.39, 0.29) is 29.5 Å². The normalized spacial score (nSPS) is 27.3. The van der Waals surface area contributed by atoms with Gasteiger partial charge in [-0.15, -0.1) is 11.8 Å². The topological polar surface area (TPSA) is 162 Å². The lowest BCUT2D eigenvalue weighted by Gasteiger charge is -2.47. The van der Waals surface area contributed by atoms with Crippen molar-refractivity contribution in [2.24, 2.45) is 24.6 Å². The molecule has 12 nitrogen and oxygen atoms in total. The Labute approximate surface area is 224 Å². The Morgan fingerprint density at radius 1 is 1.42 bits per heavy atom. The molecule has 4 heterocycles. The number of carboxylic acids is 1. The van der Waals surface area contributed by atoms with Crippen LogP contribution in [0.15, 0.2) is 35.7 Å². The highest BCUT2D eigenvalue weighted by Crippen LogP contribution is 2.52. The van der Waals surface area contributed by atoms with E-state index in [1.807, 2.05) is 6.92 Å². The van der Waals surface area contributed by atoms with Gasteiger partial charge in [0.15, 0.2) is 0 Å². The number of ether oxygens (including phenoxy) is 1. The minimum absolute atomic E-state index is 0.0512. The van der Waals surface area contributed by atoms with Gasteiger partial charge in [-0.25, -0.2) is 13.9 Å². The number of aromatic nitrogens is 2. The molecule has 2 fully saturated rings. The van der Waals surface area contributed by atoms with Crippen LogP contribution in [-0.2, 0) is 27.9 Å². The van der Waals surface area contributed by atoms with E-state index in [0.29, 0.717) is 36.7 Å². The van der Waals surface area contributed by atoms with Gasteiger partial charge in [0.25, 0.3) is 0 Å². The number of aliphatic hydroxyl groups excluding tert-OH is 1. The van der Waals surface area contributed by atoms with Crippen molar-refractivity contribution in [1.29, 1.82) is 0 Å². The second-order valence-electron chi connectivity index (χ2n) is 9.98. The number of aliphatic carboxylic acids is 1. The number of thioether (sulfide) groups is 1. The summed E-state index contributed by atoms with van der Waals surface area (Å²) in [5, 5.41) is 22.0. The molecule has 0 aliphatic carbocycles. The van der Waals surface area contributed by atoms with Gasteiger partial charge in [0.2, 0.25) is 5.91 Å². The number of rotatable bonds is 10. The number of amides is 3. The van der Waals surface area contributed by atoms with E-state index in [0.717, 1.165) is 0 Å². The van der Waals surface area contributed by atoms with Crippen molar-refractivity contribution < 1.29 is 38.7 Å². The fourth-order valence-electron chi connectivity index (χ4n) is 5.83. The minimum atomic E-state index is -1.43. The Bertz CT molecular complexity index is 1190. The van der Waals surface area contributed by atoms with Gasteiger partial charge in [0.1, 0.15) is 19.0 Å². The summed E-state index contributed by atoms with van der Waals surface area (Å²) in [5.74, 6) is -3.05. The number of nitrogens with zero attached hydrogens (tertiary/aromatic N) is 4. The molecule has 0 spiro atoms. The number of carboxylic acid groups (broad SMARTS) is 1. The Morgan fingerprint density at radius 3 is 2.74 bits per heavy atom. The Morgan fingerprint density at radius 2 is 2.13 bits per heavy atom. The van der Waals surface area contributed by atoms with Gasteiger partial charge >= 0.3 is 17.8 Å². The highest BCUT2D eigenvalue weighted by molar-refractivity contribution is 8.03. The van der Waals surface area contributed by atoms with Crippen LogP contribution in [0.4, 0.5) is 4.79 Å². The van der Waals surface area contributed by atoms with Crippen molar-refractivity contribution >= 4 is 35.6 Å². The number of hydrogen-bond acceptors (Lipinski definition) is 8. The van der Waals surface area contributed by atoms with Crippen LogP contribution in [0.2, 0.25) is 0 Å². The molecule has 3 aliphatic heterocycles. The number of β-lactam (4-membered cyclic amide) rings is 1. The van der Waals surface area contributed by atoms with E-state index >= 15 is 0 Å². The molecular formula is C25H33N5O7S. The van der Waals surface area contributed by atoms with E-state index in [2.05, 4.69) is 6.58 Å². The van der Waals surface area contributed by atoms with Crippen LogP contribution in [0.5, 0.6) is 0 Å². The predicted octanol–water partition coefficient (Wildman–Crippen LogP) is -0.881. The summed E-state index contributed by atoms with van der Waals surface area (Å²) >= 11 is 1.33. The number of primary amides is 1. The van der Waals surface area contributed by atoms with Gasteiger partial charge in [-0.05, 0) is 13.3 Å². The molecule has 6 atom stereocenters. The molecular weight excluding hydrogens is 514 g/mol. The van der Waals surface area contributed by atoms with Crippen LogP contribution in [0.3, 0.4) is 0 Å². The molecule has 38 heavy (non-hydrogen) atoms. The quantitative estimate of drug-likeness (QED) is 0.217. The van der Waals surface area contributed by atoms with Crippen LogP contribution < -0.4 is 15.4 Å². The molecule has 0 saturated carbocycles. The maximum atomic E-state index is 12.9. The third-order valence-corrected chi connectivity index (χ3v) is 9.02. The number of aliphatic hydroxyl groups is 1. The molecule has 3 amide bonds. The van der Waals surface area contributed by atoms with Gasteiger partial charge in [0, 0.05) is 35.1 Å². The summed E-state index contributed by atoms with van der Waals surface area (Å²) in [6.45, 7) is 7.73. The molecule has 1 aromatic heterocycles. The molecule has 3 N–H and O–H groups in total. The molecule has 4 rings (SSSR count). The lowest BCUT2D eigenvalue weighted by molar-refractivity contribution is -0.699. The second-order valence-corrected chi connectivity index (χ2v) is 11.3. The first-order valence-electron chi connectivity index (χ1n) is 12.5. The van der Waals surface area contributed by atoms with Crippen molar-refractivity contribution in [3.05, 3.63) is 41.5 Å². The monoisotopic (exact) mass is 547 g/mol. The number of likely N-dealkylation sites (tertiary alicyclic amines) is 1. The molecule has 13 heteroatoms. The van der Waals surface area contributed by atoms with Gasteiger partial charge in [0.05, 0.1) is 43.3 Å². The maximum absolute atomic E-state index is 12.9. The zero-order valence-electron chi connectivity index (χ0n) is 21.6. The van der Waals surface area contributed by atoms with Crippen LogP contribution in [0.25, 0.3) is 0 Å². The summed E-state index contributed by atoms with van der Waals surface area (Å²) in [5.41, 5.74) is 5.38. The van der Waals surface area contributed by atoms with E-state index < -0.39 is 41.9 Å². The summed E-state index contributed by atoms with van der Waals surface area (Å²) in [6.07, 6.45) is 4.60. The van der Waals surface area contributed by atoms with Crippen molar-refractivity contribution in [2.75, 3.05) is 13.2 Å². The van der Waals surface area contributed by atoms with Crippen LogP contribution in [0.1, 0.15) is 37.3 Å². The number of carbonyl (C=O) groups is 4. The van der Waals surface area contributed by atoms with Crippen LogP contribution >= 0.6 is 11.8 Å². The van der Waals surface area contributed by atoms with Crippen molar-refractivity contribution in [3.63, 3.8) is 0 Å². The van der Waals surface area contributed by atoms with Gasteiger partial charge in [-0.1, -0.05) is 19.6 Å². The Kier molecular flexibility index (Phi) is 7.88. The molecule has 1 aromatic rings. The molecule has 0 bridgehead atoms. The second kappa shape index (κ2) is 10.8. The fraction of sp³-hybridized carbons (Fsp3) is 0.560. The number of hydrogen-bond donors (Lipinski definition) is 2. The van der Waals surface area contributed by atoms with Crippen molar-refractivity contribution in [1.82, 2.24) is 14.4 Å². The van der Waals surface area contributed by atoms with E-state index in [1.165, 1.54) is 29.7 Å². The van der Waals surface area contributed by atoms with E-state index in [4.69, 9.17) is 10.5 Å². The van der Waals surface area contributed by atoms with Gasteiger partial charge in [-0.2, -0.15) is 0 Å². The van der Waals surface area contributed by atoms with E-state index in [9.17, 15) is 29.4 Å². The Hall–Kier alpha value is -3.32. The third-order valence-electron chi connectivity index (χ3n) is 7.53. The molecule has 0 unspecified atom stereocenters. The zero-order chi connectivity index (χ0) is 27.9. The predicted molar refractivity (Wildman–Crippen MR) is 134 cm³/mol. The van der Waals surface area contributed by atoms with Crippen molar-refractivity contribution in [2.45, 2.75) is 56.7 Å². The molecule has 206 valence electrons. The molecule has 0 aromatic carbocycles. The first-order chi connectivity index (χ1) is 18.0. The largest absolute Gasteiger partial charge is 0.543 e. The van der Waals surface area contributed by atoms with Crippen LogP contribution in [0, 0.1) is 11.8 Å². The number of carbonyl (C=O) groups excluding carboxylic acids is 4. The fourth-order valence-corrected chi connectivity index (χ4v) is 7.39. The first kappa shape index (κ1) is 27.7. The smallest absolute Gasteiger partial charge is 0.410 e. The molecule has 2 saturated heterocycles. The lowest BCUT2D eigenvalue weighted by Crippen LogP contribution is -2.64. The van der Waals surface area contributed by atoms with Gasteiger partial charge < -0.3 is 35.3 Å². The maximum Gasteiger partial charge on any atom is 0.410 e. The highest BCUT2D eigenvalue weighted by atomic mass is 32.2. The lowest BCUT2D eigenvalue weighted by atomic mass is 9.79.